The Hall–Kier alpha value is -0.480. The van der Waals surface area contributed by atoms with Crippen LogP contribution in [0.4, 0.5) is 0 Å². The molecule has 1 fully saturated rings. The highest BCUT2D eigenvalue weighted by atomic mass is 32.1. The molecule has 0 amide bonds. The van der Waals surface area contributed by atoms with Crippen LogP contribution in [0.15, 0.2) is 5.51 Å². The molecule has 2 N–H and O–H groups in total. The molecule has 1 aliphatic carbocycles. The van der Waals surface area contributed by atoms with E-state index in [1.165, 1.54) is 0 Å². The van der Waals surface area contributed by atoms with Crippen molar-refractivity contribution in [3.8, 4) is 0 Å². The molecule has 4 heteroatoms. The zero-order valence-electron chi connectivity index (χ0n) is 5.58. The predicted molar refractivity (Wildman–Crippen MR) is 39.8 cm³/mol. The Labute approximate surface area is 63.3 Å². The number of hydrogen-bond acceptors (Lipinski definition) is 4. The fourth-order valence-electron chi connectivity index (χ4n) is 0.911. The van der Waals surface area contributed by atoms with Crippen LogP contribution in [0.5, 0.6) is 0 Å². The lowest BCUT2D eigenvalue weighted by Crippen LogP contribution is -2.24. The largest absolute Gasteiger partial charge is 0.325 e. The second-order valence-electron chi connectivity index (χ2n) is 2.87. The number of nitrogens with zero attached hydrogens (tertiary/aromatic N) is 2. The van der Waals surface area contributed by atoms with Gasteiger partial charge in [-0.25, -0.2) is 0 Å². The molecule has 1 aromatic rings. The van der Waals surface area contributed by atoms with E-state index in [9.17, 15) is 0 Å². The van der Waals surface area contributed by atoms with E-state index in [0.717, 1.165) is 24.3 Å². The SMILES string of the molecule is NC1(Cc2nncs2)CC1. The summed E-state index contributed by atoms with van der Waals surface area (Å²) in [6.07, 6.45) is 3.21. The maximum atomic E-state index is 5.88. The highest BCUT2D eigenvalue weighted by Gasteiger charge is 2.38. The summed E-state index contributed by atoms with van der Waals surface area (Å²) in [6.45, 7) is 0. The standard InChI is InChI=1S/C6H9N3S/c7-6(1-2-6)3-5-9-8-4-10-5/h4H,1-3,7H2. The summed E-state index contributed by atoms with van der Waals surface area (Å²) < 4.78 is 0. The molecule has 2 rings (SSSR count). The molecule has 1 saturated carbocycles. The maximum Gasteiger partial charge on any atom is 0.119 e. The molecule has 10 heavy (non-hydrogen) atoms. The first-order valence-corrected chi connectivity index (χ1v) is 4.20. The van der Waals surface area contributed by atoms with Gasteiger partial charge in [-0.3, -0.25) is 0 Å². The Balaban J connectivity index is 2.04. The van der Waals surface area contributed by atoms with Gasteiger partial charge in [0.25, 0.3) is 0 Å². The molecule has 54 valence electrons. The van der Waals surface area contributed by atoms with Crippen molar-refractivity contribution in [2.24, 2.45) is 5.73 Å². The van der Waals surface area contributed by atoms with Gasteiger partial charge in [0.2, 0.25) is 0 Å². The van der Waals surface area contributed by atoms with Crippen molar-refractivity contribution < 1.29 is 0 Å². The van der Waals surface area contributed by atoms with Gasteiger partial charge in [-0.05, 0) is 12.8 Å². The molecule has 3 nitrogen and oxygen atoms in total. The summed E-state index contributed by atoms with van der Waals surface area (Å²) in [7, 11) is 0. The van der Waals surface area contributed by atoms with Crippen LogP contribution in [0.25, 0.3) is 0 Å². The van der Waals surface area contributed by atoms with Crippen LogP contribution in [0.3, 0.4) is 0 Å². The van der Waals surface area contributed by atoms with Gasteiger partial charge in [0.1, 0.15) is 10.5 Å². The smallest absolute Gasteiger partial charge is 0.119 e. The molecule has 0 atom stereocenters. The zero-order valence-corrected chi connectivity index (χ0v) is 6.40. The Morgan fingerprint density at radius 1 is 1.70 bits per heavy atom. The van der Waals surface area contributed by atoms with Gasteiger partial charge in [0, 0.05) is 12.0 Å². The van der Waals surface area contributed by atoms with E-state index in [2.05, 4.69) is 10.2 Å². The minimum Gasteiger partial charge on any atom is -0.325 e. The molecular weight excluding hydrogens is 146 g/mol. The first-order valence-electron chi connectivity index (χ1n) is 3.32. The fourth-order valence-corrected chi connectivity index (χ4v) is 1.59. The Morgan fingerprint density at radius 2 is 2.50 bits per heavy atom. The monoisotopic (exact) mass is 155 g/mol. The first-order chi connectivity index (χ1) is 4.79. The molecule has 0 radical (unpaired) electrons. The van der Waals surface area contributed by atoms with Crippen LogP contribution in [0, 0.1) is 0 Å². The van der Waals surface area contributed by atoms with E-state index in [0.29, 0.717) is 0 Å². The van der Waals surface area contributed by atoms with Gasteiger partial charge in [0.05, 0.1) is 0 Å². The van der Waals surface area contributed by atoms with Gasteiger partial charge >= 0.3 is 0 Å². The van der Waals surface area contributed by atoms with Gasteiger partial charge < -0.3 is 5.73 Å². The molecule has 0 aromatic carbocycles. The minimum absolute atomic E-state index is 0.0829. The predicted octanol–water partition coefficient (Wildman–Crippen LogP) is 0.572. The second-order valence-corrected chi connectivity index (χ2v) is 3.79. The lowest BCUT2D eigenvalue weighted by Gasteiger charge is -2.02. The van der Waals surface area contributed by atoms with Crippen LogP contribution >= 0.6 is 11.3 Å². The van der Waals surface area contributed by atoms with Crippen molar-refractivity contribution >= 4 is 11.3 Å². The number of hydrogen-bond donors (Lipinski definition) is 1. The summed E-state index contributed by atoms with van der Waals surface area (Å²) >= 11 is 1.59. The van der Waals surface area contributed by atoms with Gasteiger partial charge in [-0.2, -0.15) is 0 Å². The number of nitrogens with two attached hydrogens (primary N) is 1. The van der Waals surface area contributed by atoms with E-state index in [1.54, 1.807) is 16.8 Å². The third-order valence-electron chi connectivity index (χ3n) is 1.80. The molecule has 1 heterocycles. The Kier molecular flexibility index (Phi) is 1.25. The van der Waals surface area contributed by atoms with Crippen molar-refractivity contribution in [3.63, 3.8) is 0 Å². The molecule has 0 bridgehead atoms. The quantitative estimate of drug-likeness (QED) is 0.679. The number of aromatic nitrogens is 2. The molecule has 0 saturated heterocycles. The molecular formula is C6H9N3S. The van der Waals surface area contributed by atoms with Gasteiger partial charge in [-0.1, -0.05) is 0 Å². The van der Waals surface area contributed by atoms with Crippen molar-refractivity contribution in [2.45, 2.75) is 24.8 Å². The van der Waals surface area contributed by atoms with E-state index in [4.69, 9.17) is 5.73 Å². The van der Waals surface area contributed by atoms with Crippen LogP contribution in [-0.2, 0) is 6.42 Å². The third kappa shape index (κ3) is 1.17. The van der Waals surface area contributed by atoms with Crippen LogP contribution in [-0.4, -0.2) is 15.7 Å². The van der Waals surface area contributed by atoms with E-state index < -0.39 is 0 Å². The maximum absolute atomic E-state index is 5.88. The second kappa shape index (κ2) is 2.00. The van der Waals surface area contributed by atoms with Crippen molar-refractivity contribution in [2.75, 3.05) is 0 Å². The van der Waals surface area contributed by atoms with E-state index in [1.807, 2.05) is 0 Å². The summed E-state index contributed by atoms with van der Waals surface area (Å²) in [5.74, 6) is 0. The molecule has 1 aliphatic rings. The van der Waals surface area contributed by atoms with Crippen molar-refractivity contribution in [1.82, 2.24) is 10.2 Å². The average molecular weight is 155 g/mol. The van der Waals surface area contributed by atoms with Crippen molar-refractivity contribution in [3.05, 3.63) is 10.5 Å². The highest BCUT2D eigenvalue weighted by Crippen LogP contribution is 2.35. The van der Waals surface area contributed by atoms with Crippen LogP contribution in [0.1, 0.15) is 17.8 Å². The fraction of sp³-hybridized carbons (Fsp3) is 0.667. The summed E-state index contributed by atoms with van der Waals surface area (Å²) in [5, 5.41) is 8.75. The lowest BCUT2D eigenvalue weighted by molar-refractivity contribution is 0.664. The highest BCUT2D eigenvalue weighted by molar-refractivity contribution is 7.09. The molecule has 0 aliphatic heterocycles. The topological polar surface area (TPSA) is 51.8 Å². The van der Waals surface area contributed by atoms with E-state index in [-0.39, 0.29) is 5.54 Å². The third-order valence-corrected chi connectivity index (χ3v) is 2.50. The Morgan fingerprint density at radius 3 is 3.00 bits per heavy atom. The van der Waals surface area contributed by atoms with Crippen LogP contribution < -0.4 is 5.73 Å². The van der Waals surface area contributed by atoms with Crippen LogP contribution in [0.2, 0.25) is 0 Å². The molecule has 1 aromatic heterocycles. The normalized spacial score (nSPS) is 20.9. The van der Waals surface area contributed by atoms with Gasteiger partial charge in [-0.15, -0.1) is 21.5 Å². The molecule has 0 unspecified atom stereocenters. The lowest BCUT2D eigenvalue weighted by atomic mass is 10.2. The summed E-state index contributed by atoms with van der Waals surface area (Å²) in [6, 6.07) is 0. The van der Waals surface area contributed by atoms with Crippen molar-refractivity contribution in [1.29, 1.82) is 0 Å². The van der Waals surface area contributed by atoms with E-state index >= 15 is 0 Å². The summed E-state index contributed by atoms with van der Waals surface area (Å²) in [4.78, 5) is 0. The summed E-state index contributed by atoms with van der Waals surface area (Å²) in [5.41, 5.74) is 7.71. The number of rotatable bonds is 2. The molecule has 0 spiro atoms. The Bertz CT molecular complexity index is 215. The first kappa shape index (κ1) is 6.24. The van der Waals surface area contributed by atoms with Gasteiger partial charge in [0.15, 0.2) is 0 Å². The zero-order chi connectivity index (χ0) is 7.03. The average Bonchev–Trinajstić information content (AvgIpc) is 2.47. The minimum atomic E-state index is 0.0829.